The van der Waals surface area contributed by atoms with Crippen LogP contribution in [-0.2, 0) is 28.5 Å². The minimum Gasteiger partial charge on any atom is -0.363 e. The molecule has 0 saturated carbocycles. The molecule has 4 aromatic rings. The van der Waals surface area contributed by atoms with Crippen molar-refractivity contribution in [2.45, 2.75) is 49.0 Å². The lowest BCUT2D eigenvalue weighted by molar-refractivity contribution is -0.137. The molecule has 45 heavy (non-hydrogen) atoms. The van der Waals surface area contributed by atoms with Crippen molar-refractivity contribution in [1.29, 1.82) is 0 Å². The Labute approximate surface area is 257 Å². The van der Waals surface area contributed by atoms with Gasteiger partial charge in [0, 0.05) is 30.9 Å². The fraction of sp³-hybridized carbons (Fsp3) is 0.258. The Morgan fingerprint density at radius 3 is 2.44 bits per heavy atom. The van der Waals surface area contributed by atoms with E-state index >= 15 is 0 Å². The lowest BCUT2D eigenvalue weighted by Gasteiger charge is -2.22. The molecule has 0 spiro atoms. The maximum atomic E-state index is 14.5. The smallest absolute Gasteiger partial charge is 0.363 e. The molecule has 7 nitrogen and oxygen atoms in total. The third-order valence-electron chi connectivity index (χ3n) is 7.17. The lowest BCUT2D eigenvalue weighted by atomic mass is 10.1. The molecule has 0 bridgehead atoms. The fourth-order valence-corrected chi connectivity index (χ4v) is 6.20. The summed E-state index contributed by atoms with van der Waals surface area (Å²) in [5, 5.41) is 5.85. The summed E-state index contributed by atoms with van der Waals surface area (Å²) in [4.78, 5) is 21.9. The van der Waals surface area contributed by atoms with E-state index in [1.54, 1.807) is 30.6 Å². The number of carbonyl (C=O) groups is 1. The first-order chi connectivity index (χ1) is 21.3. The molecule has 2 aromatic heterocycles. The first kappa shape index (κ1) is 32.1. The maximum absolute atomic E-state index is 14.5. The molecule has 236 valence electrons. The third-order valence-corrected chi connectivity index (χ3v) is 8.65. The van der Waals surface area contributed by atoms with Crippen LogP contribution in [0.5, 0.6) is 0 Å². The van der Waals surface area contributed by atoms with Gasteiger partial charge < -0.3 is 10.6 Å². The second-order valence-electron chi connectivity index (χ2n) is 10.5. The Hall–Kier alpha value is -4.30. The predicted octanol–water partition coefficient (Wildman–Crippen LogP) is 6.52. The van der Waals surface area contributed by atoms with Gasteiger partial charge in [0.1, 0.15) is 28.7 Å². The molecular weight excluding hydrogens is 620 g/mol. The van der Waals surface area contributed by atoms with E-state index < -0.39 is 59.4 Å². The number of nitrogens with zero attached hydrogens (tertiary/aromatic N) is 3. The molecule has 1 amide bonds. The van der Waals surface area contributed by atoms with E-state index in [2.05, 4.69) is 20.6 Å². The maximum Gasteiger partial charge on any atom is 0.416 e. The van der Waals surface area contributed by atoms with E-state index in [0.29, 0.717) is 22.6 Å². The van der Waals surface area contributed by atoms with Crippen LogP contribution in [-0.4, -0.2) is 42.9 Å². The first-order valence-corrected chi connectivity index (χ1v) is 14.8. The number of aromatic nitrogens is 2. The first-order valence-electron chi connectivity index (χ1n) is 13.7. The van der Waals surface area contributed by atoms with Crippen LogP contribution < -0.4 is 10.6 Å². The topological polar surface area (TPSA) is 87.2 Å². The van der Waals surface area contributed by atoms with Crippen LogP contribution in [0.25, 0.3) is 11.3 Å². The van der Waals surface area contributed by atoms with Gasteiger partial charge in [0.25, 0.3) is 5.92 Å². The Morgan fingerprint density at radius 2 is 1.80 bits per heavy atom. The van der Waals surface area contributed by atoms with Gasteiger partial charge in [-0.15, -0.1) is 0 Å². The van der Waals surface area contributed by atoms with Crippen molar-refractivity contribution in [2.24, 2.45) is 0 Å². The van der Waals surface area contributed by atoms with Crippen LogP contribution in [0.2, 0.25) is 0 Å². The summed E-state index contributed by atoms with van der Waals surface area (Å²) in [6.07, 6.45) is -2.10. The Kier molecular flexibility index (Phi) is 9.26. The van der Waals surface area contributed by atoms with Crippen LogP contribution in [0.15, 0.2) is 90.1 Å². The zero-order chi connectivity index (χ0) is 32.4. The summed E-state index contributed by atoms with van der Waals surface area (Å²) in [6, 6.07) is 14.1. The van der Waals surface area contributed by atoms with Crippen molar-refractivity contribution in [3.63, 3.8) is 0 Å². The van der Waals surface area contributed by atoms with Crippen molar-refractivity contribution < 1.29 is 35.3 Å². The van der Waals surface area contributed by atoms with Crippen molar-refractivity contribution in [3.05, 3.63) is 108 Å². The van der Waals surface area contributed by atoms with Crippen LogP contribution in [0.3, 0.4) is 0 Å². The number of benzene rings is 2. The molecule has 5 rings (SSSR count). The summed E-state index contributed by atoms with van der Waals surface area (Å²) in [6.45, 7) is 0.785. The van der Waals surface area contributed by atoms with Crippen molar-refractivity contribution >= 4 is 22.7 Å². The van der Waals surface area contributed by atoms with Gasteiger partial charge in [-0.2, -0.15) is 13.2 Å². The summed E-state index contributed by atoms with van der Waals surface area (Å²) >= 11 is 0. The molecule has 1 aliphatic heterocycles. The molecule has 2 N–H and O–H groups in total. The molecule has 0 aliphatic carbocycles. The molecule has 1 saturated heterocycles. The van der Waals surface area contributed by atoms with Gasteiger partial charge in [0.2, 0.25) is 5.91 Å². The number of pyridine rings is 2. The van der Waals surface area contributed by atoms with Crippen LogP contribution in [0.4, 0.5) is 32.2 Å². The van der Waals surface area contributed by atoms with Gasteiger partial charge in [0.15, 0.2) is 0 Å². The van der Waals surface area contributed by atoms with Crippen LogP contribution >= 0.6 is 0 Å². The van der Waals surface area contributed by atoms with E-state index in [0.717, 1.165) is 34.1 Å². The van der Waals surface area contributed by atoms with E-state index in [4.69, 9.17) is 0 Å². The van der Waals surface area contributed by atoms with Gasteiger partial charge in [0.05, 0.1) is 28.7 Å². The number of carbonyl (C=O) groups excluding carboxylic acids is 1. The molecule has 2 unspecified atom stereocenters. The minimum atomic E-state index is -4.52. The van der Waals surface area contributed by atoms with E-state index in [1.807, 2.05) is 13.0 Å². The number of hydrogen-bond acceptors (Lipinski definition) is 5. The minimum absolute atomic E-state index is 0.0701. The van der Waals surface area contributed by atoms with Crippen molar-refractivity contribution in [3.8, 4) is 11.3 Å². The number of rotatable bonds is 9. The van der Waals surface area contributed by atoms with Gasteiger partial charge >= 0.3 is 6.18 Å². The highest BCUT2D eigenvalue weighted by atomic mass is 32.2. The quantitative estimate of drug-likeness (QED) is 0.202. The molecular formula is C31H27F6N5O2S. The number of halogens is 6. The van der Waals surface area contributed by atoms with Gasteiger partial charge in [-0.25, -0.2) is 26.7 Å². The molecule has 1 fully saturated rings. The average Bonchev–Trinajstić information content (AvgIpc) is 3.35. The summed E-state index contributed by atoms with van der Waals surface area (Å²) in [5.74, 6) is -4.33. The van der Waals surface area contributed by atoms with Crippen molar-refractivity contribution in [2.75, 3.05) is 11.9 Å². The molecule has 3 atom stereocenters. The highest BCUT2D eigenvalue weighted by molar-refractivity contribution is 7.82. The normalized spacial score (nSPS) is 17.9. The molecule has 14 heteroatoms. The molecule has 3 heterocycles. The molecule has 0 radical (unpaired) electrons. The SMILES string of the molecule is CC(Nc1cc(CNC(=O)[C@@H]2CC(F)(F)CN2S(=O)c2ccc(F)cc2)cc(-c2ccc(C(F)(F)F)cc2)n1)c1cccnc1. The van der Waals surface area contributed by atoms with Gasteiger partial charge in [-0.3, -0.25) is 9.78 Å². The van der Waals surface area contributed by atoms with E-state index in [1.165, 1.54) is 24.3 Å². The fourth-order valence-electron chi connectivity index (χ4n) is 4.86. The average molecular weight is 648 g/mol. The van der Waals surface area contributed by atoms with Crippen LogP contribution in [0, 0.1) is 5.82 Å². The number of nitrogens with one attached hydrogen (secondary N) is 2. The van der Waals surface area contributed by atoms with E-state index in [-0.39, 0.29) is 17.5 Å². The standard InChI is InChI=1S/C31H27F6N5O2S/c1-19(22-3-2-12-38-17-22)40-28-14-20(13-26(41-28)21-4-6-23(7-5-21)31(35,36)37)16-39-29(43)27-15-30(33,34)18-42(27)45(44)25-10-8-24(32)9-11-25/h2-14,17,19,27H,15-16,18H2,1H3,(H,39,43)(H,40,41)/t19?,27-,45?/m0/s1. The Morgan fingerprint density at radius 1 is 1.09 bits per heavy atom. The van der Waals surface area contributed by atoms with Crippen molar-refractivity contribution in [1.82, 2.24) is 19.6 Å². The lowest BCUT2D eigenvalue weighted by Crippen LogP contribution is -2.43. The van der Waals surface area contributed by atoms with Crippen LogP contribution in [0.1, 0.15) is 36.1 Å². The second kappa shape index (κ2) is 13.0. The summed E-state index contributed by atoms with van der Waals surface area (Å²) < 4.78 is 95.7. The van der Waals surface area contributed by atoms with Gasteiger partial charge in [-0.05, 0) is 72.6 Å². The highest BCUT2D eigenvalue weighted by Crippen LogP contribution is 2.35. The number of hydrogen-bond donors (Lipinski definition) is 2. The molecule has 1 aliphatic rings. The second-order valence-corrected chi connectivity index (χ2v) is 12.0. The Bertz CT molecular complexity index is 1670. The monoisotopic (exact) mass is 647 g/mol. The summed E-state index contributed by atoms with van der Waals surface area (Å²) in [5.41, 5.74) is 1.18. The zero-order valence-corrected chi connectivity index (χ0v) is 24.5. The highest BCUT2D eigenvalue weighted by Gasteiger charge is 2.50. The van der Waals surface area contributed by atoms with Gasteiger partial charge in [-0.1, -0.05) is 18.2 Å². The Balaban J connectivity index is 1.39. The third kappa shape index (κ3) is 7.87. The molecule has 2 aromatic carbocycles. The number of alkyl halides is 5. The largest absolute Gasteiger partial charge is 0.416 e. The van der Waals surface area contributed by atoms with E-state index in [9.17, 15) is 35.3 Å². The predicted molar refractivity (Wildman–Crippen MR) is 156 cm³/mol. The summed E-state index contributed by atoms with van der Waals surface area (Å²) in [7, 11) is -2.16. The number of amides is 1. The zero-order valence-electron chi connectivity index (χ0n) is 23.7. The number of anilines is 1.